The van der Waals surface area contributed by atoms with Crippen molar-refractivity contribution in [3.63, 3.8) is 0 Å². The minimum Gasteiger partial charge on any atom is -0.481 e. The molecular formula is C82H118N24O24S4. The molecule has 0 unspecified atom stereocenters. The number of rotatable bonds is 57. The third kappa shape index (κ3) is 36.1. The molecule has 4 aromatic rings. The number of likely N-dealkylation sites (tertiary alicyclic amines) is 2. The molecule has 0 aliphatic carbocycles. The third-order valence-electron chi connectivity index (χ3n) is 21.3. The third-order valence-corrected chi connectivity index (χ3v) is 24.2. The summed E-state index contributed by atoms with van der Waals surface area (Å²) in [7, 11) is 2.03. The Labute approximate surface area is 787 Å². The van der Waals surface area contributed by atoms with Crippen molar-refractivity contribution in [1.29, 1.82) is 10.8 Å². The quantitative estimate of drug-likeness (QED) is 0.00649. The lowest BCUT2D eigenvalue weighted by Gasteiger charge is -2.32. The smallest absolute Gasteiger partial charge is 0.305 e. The summed E-state index contributed by atoms with van der Waals surface area (Å²) in [6, 6.07) is -4.69. The van der Waals surface area contributed by atoms with Gasteiger partial charge in [-0.2, -0.15) is 25.3 Å². The molecule has 2 aromatic heterocycles. The fourth-order valence-electron chi connectivity index (χ4n) is 14.7. The molecule has 2 aliphatic rings. The number of aromatic amines is 2. The van der Waals surface area contributed by atoms with Gasteiger partial charge in [0.2, 0.25) is 94.5 Å². The molecule has 16 amide bonds. The second-order valence-electron chi connectivity index (χ2n) is 32.9. The second kappa shape index (κ2) is 52.9. The number of fused-ring (bicyclic) bond motifs is 2. The van der Waals surface area contributed by atoms with Crippen molar-refractivity contribution in [2.75, 3.05) is 50.8 Å². The van der Waals surface area contributed by atoms with Gasteiger partial charge in [-0.15, -0.1) is 0 Å². The lowest BCUT2D eigenvalue weighted by atomic mass is 10.0. The van der Waals surface area contributed by atoms with Crippen LogP contribution in [0.25, 0.3) is 21.8 Å². The number of aliphatic carboxylic acids is 4. The number of H-pyrrole nitrogens is 2. The van der Waals surface area contributed by atoms with E-state index in [1.807, 2.05) is 0 Å². The summed E-state index contributed by atoms with van der Waals surface area (Å²) in [5.74, 6) is -23.0. The number of carboxylic acids is 4. The predicted molar refractivity (Wildman–Crippen MR) is 494 cm³/mol. The first kappa shape index (κ1) is 110. The molecule has 0 spiro atoms. The van der Waals surface area contributed by atoms with Gasteiger partial charge < -0.3 is 138 Å². The monoisotopic (exact) mass is 1950 g/mol. The van der Waals surface area contributed by atoms with Crippen molar-refractivity contribution < 1.29 is 116 Å². The average molecular weight is 1950 g/mol. The zero-order valence-electron chi connectivity index (χ0n) is 74.0. The van der Waals surface area contributed by atoms with Gasteiger partial charge in [0.15, 0.2) is 11.9 Å². The Hall–Kier alpha value is -13.1. The van der Waals surface area contributed by atoms with Crippen LogP contribution in [0.1, 0.15) is 142 Å². The number of nitrogens with zero attached hydrogens (tertiary/aromatic N) is 2. The second-order valence-corrected chi connectivity index (χ2v) is 37.9. The summed E-state index contributed by atoms with van der Waals surface area (Å²) in [6.07, 6.45) is -1.14. The highest BCUT2D eigenvalue weighted by Gasteiger charge is 2.45. The molecule has 2 fully saturated rings. The molecule has 134 heavy (non-hydrogen) atoms. The van der Waals surface area contributed by atoms with E-state index in [0.717, 1.165) is 21.6 Å². The van der Waals surface area contributed by atoms with Gasteiger partial charge in [-0.3, -0.25) is 107 Å². The van der Waals surface area contributed by atoms with Crippen LogP contribution in [0.2, 0.25) is 0 Å². The lowest BCUT2D eigenvalue weighted by molar-refractivity contribution is -0.144. The Morgan fingerprint density at radius 1 is 0.425 bits per heavy atom. The zero-order valence-corrected chi connectivity index (χ0v) is 77.4. The molecule has 30 N–H and O–H groups in total. The molecule has 6 rings (SSSR count). The Balaban J connectivity index is 1.04. The maximum absolute atomic E-state index is 14.7. The van der Waals surface area contributed by atoms with E-state index in [4.69, 9.17) is 33.8 Å². The molecule has 4 heterocycles. The number of hydrogen-bond donors (Lipinski definition) is 28. The number of primary amides is 2. The van der Waals surface area contributed by atoms with Crippen molar-refractivity contribution >= 4 is 199 Å². The van der Waals surface area contributed by atoms with E-state index < -0.39 is 239 Å². The number of nitrogens with two attached hydrogens (primary N) is 4. The van der Waals surface area contributed by atoms with Gasteiger partial charge in [0.1, 0.15) is 72.5 Å². The van der Waals surface area contributed by atoms with E-state index in [9.17, 15) is 116 Å². The number of para-hydroxylation sites is 2. The number of thiol groups is 2. The molecule has 0 radical (unpaired) electrons. The zero-order chi connectivity index (χ0) is 99.4. The SMILES string of the molecule is CC(C)(S)[C@H](NC(=O)[C@@H]1CCCN1C(=O)[C@H](Cc1c[nH]c2ccccc12)NC(=O)[C@H](CC(=O)O)NC(=O)CNC(=O)[C@H](CCCCNC(=N)N)NC(=O)[C@H](CC(=O)O)NC(=O)CCSSCCC(=O)N[C@@H](CC(=O)O)C(=O)N[C@@H](CCCCNC(=N)N)C(=O)NCC(=O)N[C@@H](CC(=O)O)C(=O)N[C@@H](Cc1c[nH]c2ccccc12)C(=O)N1CCC[C@H]1C(=O)N[C@H](C(N)=O)C(C)(C)S)C(N)=O. The minimum absolute atomic E-state index is 0.0141. The number of nitrogens with one attached hydrogen (secondary N) is 18. The molecule has 2 aliphatic heterocycles. The van der Waals surface area contributed by atoms with Crippen LogP contribution in [0.15, 0.2) is 60.9 Å². The first-order valence-corrected chi connectivity index (χ1v) is 46.1. The van der Waals surface area contributed by atoms with Crippen LogP contribution in [-0.2, 0) is 109 Å². The van der Waals surface area contributed by atoms with Crippen LogP contribution in [0.5, 0.6) is 0 Å². The topological polar surface area (TPSA) is 781 Å². The molecule has 2 saturated heterocycles. The number of unbranched alkanes of at least 4 members (excludes halogenated alkanes) is 2. The summed E-state index contributed by atoms with van der Waals surface area (Å²) in [4.78, 5) is 278. The minimum atomic E-state index is -1.93. The van der Waals surface area contributed by atoms with E-state index in [1.54, 1.807) is 88.6 Å². The fraction of sp³-hybridized carbons (Fsp3) is 0.537. The number of carbonyl (C=O) groups excluding carboxylic acids is 16. The van der Waals surface area contributed by atoms with E-state index >= 15 is 0 Å². The molecule has 12 atom stereocenters. The summed E-state index contributed by atoms with van der Waals surface area (Å²) < 4.78 is -2.27. The van der Waals surface area contributed by atoms with E-state index in [1.165, 1.54) is 9.80 Å². The van der Waals surface area contributed by atoms with Crippen LogP contribution < -0.4 is 97.4 Å². The molecule has 734 valence electrons. The number of amides is 16. The van der Waals surface area contributed by atoms with Crippen LogP contribution in [0.4, 0.5) is 0 Å². The summed E-state index contributed by atoms with van der Waals surface area (Å²) in [6.45, 7) is 4.46. The van der Waals surface area contributed by atoms with Crippen molar-refractivity contribution in [3.05, 3.63) is 72.1 Å². The van der Waals surface area contributed by atoms with Crippen molar-refractivity contribution in [2.45, 2.75) is 225 Å². The molecule has 48 nitrogen and oxygen atoms in total. The maximum Gasteiger partial charge on any atom is 0.305 e. The highest BCUT2D eigenvalue weighted by atomic mass is 33.1. The predicted octanol–water partition coefficient (Wildman–Crippen LogP) is -4.75. The van der Waals surface area contributed by atoms with Gasteiger partial charge >= 0.3 is 23.9 Å². The Morgan fingerprint density at radius 2 is 0.739 bits per heavy atom. The fourth-order valence-corrected chi connectivity index (χ4v) is 17.0. The molecular weight excluding hydrogens is 1830 g/mol. The van der Waals surface area contributed by atoms with Gasteiger partial charge in [0, 0.05) is 107 Å². The first-order valence-electron chi connectivity index (χ1n) is 42.7. The summed E-state index contributed by atoms with van der Waals surface area (Å²) >= 11 is 8.81. The van der Waals surface area contributed by atoms with Crippen molar-refractivity contribution in [1.82, 2.24) is 94.2 Å². The highest BCUT2D eigenvalue weighted by Crippen LogP contribution is 2.29. The Morgan fingerprint density at radius 3 is 1.04 bits per heavy atom. The van der Waals surface area contributed by atoms with Gasteiger partial charge in [0.05, 0.1) is 38.8 Å². The van der Waals surface area contributed by atoms with Gasteiger partial charge in [0.25, 0.3) is 0 Å². The molecule has 52 heteroatoms. The van der Waals surface area contributed by atoms with E-state index in [0.29, 0.717) is 45.8 Å². The number of guanidine groups is 2. The van der Waals surface area contributed by atoms with Crippen LogP contribution in [0, 0.1) is 10.8 Å². The van der Waals surface area contributed by atoms with E-state index in [-0.39, 0.29) is 127 Å². The molecule has 0 bridgehead atoms. The largest absolute Gasteiger partial charge is 0.481 e. The standard InChI is InChI=1S/C82H118N24O24S4/c1-81(2,131)65(67(83)119)103-75(127)55-21-13-27-105(55)77(129)53(31-41-37-91-45-17-7-5-15-43(41)45)101-73(125)51(35-63(115)116)97-59(109)39-93-69(121)47(19-9-11-25-89-79(85)86)99-71(123)49(33-61(111)112)95-57(107)23-29-133-134-30-24-58(108)96-50(34-62(113)114)72(124)100-48(20-10-12-26-90-80(87)88)70(122)94-40-60(110)98-52(36-64(117)118)74(126)102-54(32-42-38-92-46-18-8-6-16-44(42)46)78(130)106-28-14-22-56(106)76(128)104-66(68(84)120)82(3,4)132/h5-8,15-18,37-38,47-56,65-66,91-92,131-132H,9-14,19-36,39-40H2,1-4H3,(H2,83,119)(H2,84,120)(H,93,121)(H,94,122)(H,95,107)(H,96,108)(H,97,109)(H,98,110)(H,99,123)(H,100,124)(H,101,125)(H,102,126)(H,103,127)(H,104,128)(H,111,112)(H,113,114)(H,115,116)(H,117,118)(H4,85,86,89)(H4,87,88,90)/t47-,48-,49-,50-,51-,52-,53-,54-,55-,56-,65+,66+/m0/s1. The maximum atomic E-state index is 14.7. The molecule has 0 saturated carbocycles. The van der Waals surface area contributed by atoms with Crippen LogP contribution in [-0.4, -0.2) is 303 Å². The first-order chi connectivity index (χ1) is 63.1. The Kier molecular flexibility index (Phi) is 43.3. The van der Waals surface area contributed by atoms with Gasteiger partial charge in [-0.05, 0) is 115 Å². The normalized spacial score (nSPS) is 15.8. The van der Waals surface area contributed by atoms with Gasteiger partial charge in [-0.1, -0.05) is 58.0 Å². The van der Waals surface area contributed by atoms with Crippen LogP contribution >= 0.6 is 46.8 Å². The van der Waals surface area contributed by atoms with Crippen LogP contribution in [0.3, 0.4) is 0 Å². The molecule has 2 aromatic carbocycles. The number of hydrogen-bond acceptors (Lipinski definition) is 26. The number of carboxylic acid groups (broad SMARTS) is 4. The average Bonchev–Trinajstić information content (AvgIpc) is 1.48. The number of carbonyl (C=O) groups is 20. The van der Waals surface area contributed by atoms with Crippen molar-refractivity contribution in [2.24, 2.45) is 22.9 Å². The number of benzene rings is 2. The van der Waals surface area contributed by atoms with Gasteiger partial charge in [-0.25, -0.2) is 0 Å². The lowest BCUT2D eigenvalue weighted by Crippen LogP contribution is -2.60. The summed E-state index contributed by atoms with van der Waals surface area (Å²) in [5, 5.41) is 89.8. The van der Waals surface area contributed by atoms with E-state index in [2.05, 4.69) is 110 Å². The number of aromatic nitrogens is 2. The summed E-state index contributed by atoms with van der Waals surface area (Å²) in [5.41, 5.74) is 24.3. The highest BCUT2D eigenvalue weighted by molar-refractivity contribution is 8.76. The van der Waals surface area contributed by atoms with Crippen molar-refractivity contribution in [3.8, 4) is 0 Å². The Bertz CT molecular complexity index is 4670.